The Morgan fingerprint density at radius 3 is 2.14 bits per heavy atom. The molecule has 0 radical (unpaired) electrons. The van der Waals surface area contributed by atoms with Crippen LogP contribution in [-0.4, -0.2) is 87.8 Å². The first-order valence-electron chi connectivity index (χ1n) is 25.6. The fraction of sp³-hybridized carbons (Fsp3) is 0.792. The molecule has 2 N–H and O–H groups in total. The van der Waals surface area contributed by atoms with Gasteiger partial charge in [-0.3, -0.25) is 9.59 Å². The average molecular weight is 891 g/mol. The van der Waals surface area contributed by atoms with E-state index in [1.165, 1.54) is 57.8 Å². The summed E-state index contributed by atoms with van der Waals surface area (Å²) < 4.78 is 40.8. The highest BCUT2D eigenvalue weighted by molar-refractivity contribution is 5.94. The number of Topliss-reactive ketones (excluding diaryl/α,β-unsaturated/α-hetero) is 1. The molecule has 64 heavy (non-hydrogen) atoms. The molecular weight excluding hydrogens is 813 g/mol. The van der Waals surface area contributed by atoms with E-state index >= 15 is 4.79 Å². The monoisotopic (exact) mass is 891 g/mol. The fourth-order valence-electron chi connectivity index (χ4n) is 13.8. The second-order valence-electron chi connectivity index (χ2n) is 21.2. The number of rotatable bonds is 20. The molecule has 3 aliphatic carbocycles. The van der Waals surface area contributed by atoms with Gasteiger partial charge in [-0.05, 0) is 55.7 Å². The van der Waals surface area contributed by atoms with E-state index in [4.69, 9.17) is 28.4 Å². The lowest BCUT2D eigenvalue weighted by atomic mass is 9.51. The zero-order chi connectivity index (χ0) is 45.3. The minimum absolute atomic E-state index is 0.0355. The van der Waals surface area contributed by atoms with Crippen LogP contribution in [0.1, 0.15) is 179 Å². The van der Waals surface area contributed by atoms with Crippen LogP contribution in [0.4, 0.5) is 0 Å². The number of hydrogen-bond acceptors (Lipinski definition) is 11. The molecule has 14 atom stereocenters. The summed E-state index contributed by atoms with van der Waals surface area (Å²) in [4.78, 5) is 42.3. The summed E-state index contributed by atoms with van der Waals surface area (Å²) in [5.41, 5.74) is -5.39. The molecule has 0 amide bonds. The van der Waals surface area contributed by atoms with E-state index < -0.39 is 94.0 Å². The number of hydrogen-bond donors (Lipinski definition) is 2. The SMILES string of the molecule is C=C(C)[C@]12C[C@@H](COC(=O)c3ccccc3)[C@@]34OC5(CCCCCCC[C@H](C)[C@H]6[C@H](C)C(=O)[C@@](O)([C@H](O)[C@@]7(COC(=O)CCCCCCCCCCCCCCC)O[C@H]7C3C1O5)[C@@H]64)O2. The predicted molar refractivity (Wildman–Crippen MR) is 241 cm³/mol. The van der Waals surface area contributed by atoms with Gasteiger partial charge in [0.2, 0.25) is 0 Å². The van der Waals surface area contributed by atoms with Crippen LogP contribution in [0.5, 0.6) is 0 Å². The van der Waals surface area contributed by atoms with Crippen molar-refractivity contribution in [2.75, 3.05) is 13.2 Å². The van der Waals surface area contributed by atoms with E-state index in [0.717, 1.165) is 63.4 Å². The average Bonchev–Trinajstić information content (AvgIpc) is 3.92. The molecule has 4 saturated heterocycles. The first kappa shape index (κ1) is 47.8. The molecule has 4 aliphatic heterocycles. The highest BCUT2D eigenvalue weighted by atomic mass is 16.9. The van der Waals surface area contributed by atoms with Crippen LogP contribution in [0.2, 0.25) is 0 Å². The Morgan fingerprint density at radius 1 is 0.828 bits per heavy atom. The minimum Gasteiger partial charge on any atom is -0.462 e. The van der Waals surface area contributed by atoms with Gasteiger partial charge in [-0.15, -0.1) is 0 Å². The highest BCUT2D eigenvalue weighted by Crippen LogP contribution is 2.75. The Bertz CT molecular complexity index is 1820. The summed E-state index contributed by atoms with van der Waals surface area (Å²) >= 11 is 0. The molecule has 3 unspecified atom stereocenters. The number of epoxide rings is 1. The van der Waals surface area contributed by atoms with Gasteiger partial charge in [0.1, 0.15) is 30.5 Å². The summed E-state index contributed by atoms with van der Waals surface area (Å²) in [5, 5.41) is 26.4. The van der Waals surface area contributed by atoms with Crippen molar-refractivity contribution < 1.29 is 53.0 Å². The van der Waals surface area contributed by atoms with E-state index in [1.807, 2.05) is 19.9 Å². The van der Waals surface area contributed by atoms with Gasteiger partial charge in [-0.2, -0.15) is 0 Å². The van der Waals surface area contributed by atoms with Gasteiger partial charge in [-0.25, -0.2) is 4.79 Å². The summed E-state index contributed by atoms with van der Waals surface area (Å²) in [6.45, 7) is 12.2. The number of carbonyl (C=O) groups is 3. The lowest BCUT2D eigenvalue weighted by molar-refractivity contribution is -0.438. The van der Waals surface area contributed by atoms with Crippen molar-refractivity contribution in [2.24, 2.45) is 35.5 Å². The van der Waals surface area contributed by atoms with Crippen LogP contribution >= 0.6 is 0 Å². The lowest BCUT2D eigenvalue weighted by Crippen LogP contribution is -2.74. The topological polar surface area (TPSA) is 150 Å². The Balaban J connectivity index is 1.07. The molecule has 7 aliphatic rings. The number of ether oxygens (including phenoxy) is 6. The number of aliphatic hydroxyl groups is 2. The van der Waals surface area contributed by atoms with Crippen molar-refractivity contribution >= 4 is 17.7 Å². The van der Waals surface area contributed by atoms with E-state index in [1.54, 1.807) is 24.3 Å². The summed E-state index contributed by atoms with van der Waals surface area (Å²) in [7, 11) is 0. The number of carbonyl (C=O) groups excluding carboxylic acids is 3. The molecule has 3 saturated carbocycles. The molecule has 8 rings (SSSR count). The van der Waals surface area contributed by atoms with E-state index in [-0.39, 0.29) is 32.0 Å². The Labute approximate surface area is 382 Å². The maximum atomic E-state index is 15.1. The van der Waals surface area contributed by atoms with Gasteiger partial charge < -0.3 is 38.6 Å². The van der Waals surface area contributed by atoms with Crippen molar-refractivity contribution in [3.8, 4) is 0 Å². The Hall–Kier alpha value is -2.67. The summed E-state index contributed by atoms with van der Waals surface area (Å²) in [6.07, 6.45) is 18.8. The number of unbranched alkanes of at least 4 members (excludes halogenated alkanes) is 12. The highest BCUT2D eigenvalue weighted by Gasteiger charge is 2.90. The van der Waals surface area contributed by atoms with Gasteiger partial charge in [-0.1, -0.05) is 155 Å². The molecule has 1 aromatic carbocycles. The molecule has 1 aromatic rings. The number of benzene rings is 1. The maximum Gasteiger partial charge on any atom is 0.338 e. The number of esters is 2. The van der Waals surface area contributed by atoms with Crippen LogP contribution in [-0.2, 0) is 38.0 Å². The molecule has 2 spiro atoms. The van der Waals surface area contributed by atoms with Crippen molar-refractivity contribution in [1.29, 1.82) is 0 Å². The summed E-state index contributed by atoms with van der Waals surface area (Å²) in [6, 6.07) is 8.82. The first-order chi connectivity index (χ1) is 30.8. The normalized spacial score (nSPS) is 40.7. The molecule has 7 fully saturated rings. The van der Waals surface area contributed by atoms with Crippen molar-refractivity contribution in [1.82, 2.24) is 0 Å². The Morgan fingerprint density at radius 2 is 1.47 bits per heavy atom. The van der Waals surface area contributed by atoms with Gasteiger partial charge in [0.05, 0.1) is 17.8 Å². The predicted octanol–water partition coefficient (Wildman–Crippen LogP) is 9.73. The first-order valence-corrected chi connectivity index (χ1v) is 25.6. The van der Waals surface area contributed by atoms with Gasteiger partial charge in [0.25, 0.3) is 5.97 Å². The number of ketones is 1. The zero-order valence-electron chi connectivity index (χ0n) is 39.3. The third-order valence-electron chi connectivity index (χ3n) is 17.1. The van der Waals surface area contributed by atoms with E-state index in [2.05, 4.69) is 20.4 Å². The van der Waals surface area contributed by atoms with Crippen molar-refractivity contribution in [3.63, 3.8) is 0 Å². The zero-order valence-corrected chi connectivity index (χ0v) is 39.3. The number of fused-ring (bicyclic) bond motifs is 1. The standard InChI is InChI=1S/C53H78O11/c1-6-7-8-9-10-11-12-13-14-15-16-19-25-30-40(54)60-34-50-46(61-50)42-45-49(35(2)3)32-39(33-59-47(56)38-28-23-21-24-29-38)53(42)43-41(37(5)44(55)52(43,58)48(50)57)36(4)27-22-18-17-20-26-31-51(62-45,63-49)64-53/h21,23-24,28-29,36-37,39,41-43,45-46,48,57-58H,2,6-20,22,25-27,30-34H2,1,3-5H3/t36-,37-,39-,41-,42?,43+,45?,46-,48+,49+,50-,51?,52+,53+/m0/s1. The molecular formula is C53H78O11. The quantitative estimate of drug-likeness (QED) is 0.0558. The second-order valence-corrected chi connectivity index (χ2v) is 21.2. The molecule has 3 bridgehead atoms. The smallest absolute Gasteiger partial charge is 0.338 e. The van der Waals surface area contributed by atoms with Crippen LogP contribution < -0.4 is 0 Å². The van der Waals surface area contributed by atoms with Crippen LogP contribution in [0.15, 0.2) is 42.5 Å². The largest absolute Gasteiger partial charge is 0.462 e. The second kappa shape index (κ2) is 19.5. The van der Waals surface area contributed by atoms with Crippen LogP contribution in [0.25, 0.3) is 0 Å². The molecule has 356 valence electrons. The Kier molecular flexibility index (Phi) is 14.6. The summed E-state index contributed by atoms with van der Waals surface area (Å²) in [5.74, 6) is -6.32. The van der Waals surface area contributed by atoms with E-state index in [0.29, 0.717) is 18.4 Å². The fourth-order valence-corrected chi connectivity index (χ4v) is 13.8. The van der Waals surface area contributed by atoms with Crippen molar-refractivity contribution in [3.05, 3.63) is 48.0 Å². The van der Waals surface area contributed by atoms with Crippen molar-refractivity contribution in [2.45, 2.75) is 216 Å². The molecule has 0 aromatic heterocycles. The van der Waals surface area contributed by atoms with E-state index in [9.17, 15) is 19.8 Å². The number of aliphatic hydroxyl groups excluding tert-OH is 1. The molecule has 4 heterocycles. The maximum absolute atomic E-state index is 15.1. The molecule has 11 heteroatoms. The van der Waals surface area contributed by atoms with Gasteiger partial charge >= 0.3 is 11.9 Å². The molecule has 11 nitrogen and oxygen atoms in total. The lowest BCUT2D eigenvalue weighted by Gasteiger charge is -2.61. The third-order valence-corrected chi connectivity index (χ3v) is 17.1. The third kappa shape index (κ3) is 8.37. The van der Waals surface area contributed by atoms with Gasteiger partial charge in [0.15, 0.2) is 17.0 Å². The van der Waals surface area contributed by atoms with Crippen LogP contribution in [0, 0.1) is 35.5 Å². The van der Waals surface area contributed by atoms with Gasteiger partial charge in [0, 0.05) is 36.5 Å². The minimum atomic E-state index is -2.35. The van der Waals surface area contributed by atoms with Crippen LogP contribution in [0.3, 0.4) is 0 Å².